The Morgan fingerprint density at radius 3 is 2.77 bits per heavy atom. The zero-order chi connectivity index (χ0) is 17.9. The fraction of sp³-hybridized carbons (Fsp3) is 0.412. The number of carbonyl (C=O) groups is 1. The van der Waals surface area contributed by atoms with Gasteiger partial charge >= 0.3 is 0 Å². The largest absolute Gasteiger partial charge is 0.467 e. The number of nitrogens with one attached hydrogen (secondary N) is 2. The molecule has 0 bridgehead atoms. The molecule has 2 rings (SSSR count). The van der Waals surface area contributed by atoms with Gasteiger partial charge in [0.2, 0.25) is 0 Å². The molecule has 2 aromatic rings. The fourth-order valence-corrected chi connectivity index (χ4v) is 2.04. The number of nitrogens with zero attached hydrogens (tertiary/aromatic N) is 1. The van der Waals surface area contributed by atoms with Crippen molar-refractivity contribution in [2.24, 2.45) is 10.7 Å². The van der Waals surface area contributed by atoms with Crippen molar-refractivity contribution >= 4 is 35.8 Å². The molecule has 0 aliphatic carbocycles. The van der Waals surface area contributed by atoms with Gasteiger partial charge < -0.3 is 29.9 Å². The molecule has 8 nitrogen and oxygen atoms in total. The van der Waals surface area contributed by atoms with Crippen molar-refractivity contribution in [3.8, 4) is 0 Å². The summed E-state index contributed by atoms with van der Waals surface area (Å²) in [6.07, 6.45) is 2.46. The van der Waals surface area contributed by atoms with Crippen molar-refractivity contribution in [1.29, 1.82) is 0 Å². The Hall–Kier alpha value is -2.01. The molecule has 26 heavy (non-hydrogen) atoms. The molecule has 2 aromatic heterocycles. The lowest BCUT2D eigenvalue weighted by Crippen LogP contribution is -2.38. The maximum absolute atomic E-state index is 11.0. The van der Waals surface area contributed by atoms with E-state index in [1.165, 1.54) is 0 Å². The quantitative estimate of drug-likeness (QED) is 0.210. The maximum atomic E-state index is 11.0. The normalized spacial score (nSPS) is 11.0. The summed E-state index contributed by atoms with van der Waals surface area (Å²) in [5.74, 6) is 1.61. The number of guanidine groups is 1. The highest BCUT2D eigenvalue weighted by atomic mass is 127. The first kappa shape index (κ1) is 22.0. The number of carbonyl (C=O) groups excluding carboxylic acids is 1. The Morgan fingerprint density at radius 2 is 2.12 bits per heavy atom. The number of aliphatic imine (C=N–C) groups is 1. The van der Waals surface area contributed by atoms with Crippen LogP contribution in [0.4, 0.5) is 0 Å². The van der Waals surface area contributed by atoms with E-state index in [1.54, 1.807) is 18.4 Å². The molecule has 0 spiro atoms. The Bertz CT molecular complexity index is 670. The van der Waals surface area contributed by atoms with Crippen LogP contribution in [-0.2, 0) is 17.9 Å². The second-order valence-electron chi connectivity index (χ2n) is 5.24. The van der Waals surface area contributed by atoms with Gasteiger partial charge in [-0.15, -0.1) is 24.0 Å². The van der Waals surface area contributed by atoms with E-state index in [2.05, 4.69) is 15.6 Å². The number of amides is 1. The van der Waals surface area contributed by atoms with E-state index in [0.29, 0.717) is 38.0 Å². The van der Waals surface area contributed by atoms with Gasteiger partial charge in [0.05, 0.1) is 6.26 Å². The monoisotopic (exact) mass is 476 g/mol. The zero-order valence-electron chi connectivity index (χ0n) is 14.7. The standard InChI is InChI=1S/C17H24N4O4.HI/c1-2-19-17(21-11-13-6-7-15(25-13)16(18)22)20-8-4-9-23-12-14-5-3-10-24-14;/h3,5-7,10H,2,4,8-9,11-12H2,1H3,(H2,18,22)(H2,19,20,21);1H. The predicted molar refractivity (Wildman–Crippen MR) is 108 cm³/mol. The van der Waals surface area contributed by atoms with Crippen LogP contribution in [0.5, 0.6) is 0 Å². The molecule has 1 amide bonds. The van der Waals surface area contributed by atoms with Gasteiger partial charge in [-0.25, -0.2) is 4.99 Å². The number of ether oxygens (including phenoxy) is 1. The van der Waals surface area contributed by atoms with Crippen LogP contribution in [0.3, 0.4) is 0 Å². The Labute approximate surface area is 169 Å². The van der Waals surface area contributed by atoms with Gasteiger partial charge in [-0.3, -0.25) is 4.79 Å². The lowest BCUT2D eigenvalue weighted by atomic mass is 10.4. The molecule has 0 unspecified atom stereocenters. The van der Waals surface area contributed by atoms with Gasteiger partial charge in [0, 0.05) is 19.7 Å². The van der Waals surface area contributed by atoms with Crippen LogP contribution in [-0.4, -0.2) is 31.6 Å². The van der Waals surface area contributed by atoms with Gasteiger partial charge in [-0.2, -0.15) is 0 Å². The third kappa shape index (κ3) is 7.91. The molecule has 0 saturated heterocycles. The van der Waals surface area contributed by atoms with Gasteiger partial charge in [0.25, 0.3) is 5.91 Å². The Morgan fingerprint density at radius 1 is 1.27 bits per heavy atom. The molecule has 0 radical (unpaired) electrons. The van der Waals surface area contributed by atoms with Crippen LogP contribution >= 0.6 is 24.0 Å². The maximum Gasteiger partial charge on any atom is 0.284 e. The summed E-state index contributed by atoms with van der Waals surface area (Å²) in [5.41, 5.74) is 5.16. The van der Waals surface area contributed by atoms with Gasteiger partial charge in [0.1, 0.15) is 24.7 Å². The Balaban J connectivity index is 0.00000338. The number of hydrogen-bond acceptors (Lipinski definition) is 5. The van der Waals surface area contributed by atoms with Crippen molar-refractivity contribution in [2.45, 2.75) is 26.5 Å². The summed E-state index contributed by atoms with van der Waals surface area (Å²) in [6, 6.07) is 6.96. The molecule has 0 saturated carbocycles. The van der Waals surface area contributed by atoms with Crippen LogP contribution in [0.15, 0.2) is 44.4 Å². The van der Waals surface area contributed by atoms with Crippen molar-refractivity contribution in [3.63, 3.8) is 0 Å². The highest BCUT2D eigenvalue weighted by Gasteiger charge is 2.06. The van der Waals surface area contributed by atoms with Crippen molar-refractivity contribution in [3.05, 3.63) is 47.8 Å². The molecule has 2 heterocycles. The van der Waals surface area contributed by atoms with E-state index in [1.807, 2.05) is 19.1 Å². The molecule has 9 heteroatoms. The van der Waals surface area contributed by atoms with Gasteiger partial charge in [-0.1, -0.05) is 0 Å². The van der Waals surface area contributed by atoms with E-state index in [4.69, 9.17) is 19.3 Å². The van der Waals surface area contributed by atoms with Crippen LogP contribution in [0.1, 0.15) is 35.4 Å². The van der Waals surface area contributed by atoms with E-state index in [-0.39, 0.29) is 29.7 Å². The molecule has 0 aliphatic heterocycles. The molecular formula is C17H25IN4O4. The summed E-state index contributed by atoms with van der Waals surface area (Å²) < 4.78 is 16.0. The highest BCUT2D eigenvalue weighted by Crippen LogP contribution is 2.08. The summed E-state index contributed by atoms with van der Waals surface area (Å²) in [7, 11) is 0. The summed E-state index contributed by atoms with van der Waals surface area (Å²) in [5, 5.41) is 6.36. The van der Waals surface area contributed by atoms with Crippen LogP contribution in [0, 0.1) is 0 Å². The number of nitrogens with two attached hydrogens (primary N) is 1. The number of hydrogen-bond donors (Lipinski definition) is 3. The lowest BCUT2D eigenvalue weighted by Gasteiger charge is -2.11. The van der Waals surface area contributed by atoms with Gasteiger partial charge in [0.15, 0.2) is 11.7 Å². The Kier molecular flexibility index (Phi) is 10.5. The van der Waals surface area contributed by atoms with Crippen LogP contribution < -0.4 is 16.4 Å². The molecule has 0 aliphatic rings. The predicted octanol–water partition coefficient (Wildman–Crippen LogP) is 2.25. The topological polar surface area (TPSA) is 115 Å². The minimum absolute atomic E-state index is 0. The average Bonchev–Trinajstić information content (AvgIpc) is 3.27. The molecular weight excluding hydrogens is 451 g/mol. The molecule has 0 atom stereocenters. The molecule has 144 valence electrons. The number of halogens is 1. The highest BCUT2D eigenvalue weighted by molar-refractivity contribution is 14.0. The summed E-state index contributed by atoms with van der Waals surface area (Å²) in [6.45, 7) is 4.86. The van der Waals surface area contributed by atoms with Crippen molar-refractivity contribution in [1.82, 2.24) is 10.6 Å². The van der Waals surface area contributed by atoms with Crippen molar-refractivity contribution in [2.75, 3.05) is 19.7 Å². The molecule has 4 N–H and O–H groups in total. The first-order valence-corrected chi connectivity index (χ1v) is 8.20. The number of primary amides is 1. The minimum Gasteiger partial charge on any atom is -0.467 e. The van der Waals surface area contributed by atoms with Crippen LogP contribution in [0.2, 0.25) is 0 Å². The summed E-state index contributed by atoms with van der Waals surface area (Å²) in [4.78, 5) is 15.4. The number of rotatable bonds is 10. The fourth-order valence-electron chi connectivity index (χ4n) is 2.04. The smallest absolute Gasteiger partial charge is 0.284 e. The zero-order valence-corrected chi connectivity index (χ0v) is 17.0. The second-order valence-corrected chi connectivity index (χ2v) is 5.24. The average molecular weight is 476 g/mol. The first-order chi connectivity index (χ1) is 12.2. The van der Waals surface area contributed by atoms with E-state index >= 15 is 0 Å². The summed E-state index contributed by atoms with van der Waals surface area (Å²) >= 11 is 0. The SMILES string of the molecule is CCNC(=NCc1ccc(C(N)=O)o1)NCCCOCc1ccco1.I. The van der Waals surface area contributed by atoms with E-state index < -0.39 is 5.91 Å². The van der Waals surface area contributed by atoms with E-state index in [0.717, 1.165) is 18.7 Å². The molecule has 0 fully saturated rings. The third-order valence-corrected chi connectivity index (χ3v) is 3.22. The first-order valence-electron chi connectivity index (χ1n) is 8.20. The lowest BCUT2D eigenvalue weighted by molar-refractivity contribution is 0.0972. The van der Waals surface area contributed by atoms with Gasteiger partial charge in [-0.05, 0) is 37.6 Å². The van der Waals surface area contributed by atoms with E-state index in [9.17, 15) is 4.79 Å². The third-order valence-electron chi connectivity index (χ3n) is 3.22. The second kappa shape index (κ2) is 12.4. The number of furan rings is 2. The molecule has 0 aromatic carbocycles. The van der Waals surface area contributed by atoms with Crippen LogP contribution in [0.25, 0.3) is 0 Å². The van der Waals surface area contributed by atoms with Crippen molar-refractivity contribution < 1.29 is 18.4 Å². The minimum atomic E-state index is -0.588.